The van der Waals surface area contributed by atoms with Crippen LogP contribution in [-0.4, -0.2) is 13.1 Å². The van der Waals surface area contributed by atoms with E-state index in [0.29, 0.717) is 0 Å². The zero-order chi connectivity index (χ0) is 17.3. The van der Waals surface area contributed by atoms with Crippen molar-refractivity contribution >= 4 is 5.97 Å². The predicted molar refractivity (Wildman–Crippen MR) is 95.8 cm³/mol. The molecule has 1 aliphatic rings. The summed E-state index contributed by atoms with van der Waals surface area (Å²) in [6.07, 6.45) is -0.316. The zero-order valence-corrected chi connectivity index (χ0v) is 13.9. The fraction of sp³-hybridized carbons (Fsp3) is 0.136. The highest BCUT2D eigenvalue weighted by molar-refractivity contribution is 5.86. The molecule has 0 amide bonds. The molecule has 0 radical (unpaired) electrons. The van der Waals surface area contributed by atoms with Gasteiger partial charge in [-0.15, -0.1) is 0 Å². The van der Waals surface area contributed by atoms with Crippen molar-refractivity contribution < 1.29 is 14.3 Å². The molecule has 3 aromatic rings. The average Bonchev–Trinajstić information content (AvgIpc) is 3.46. The van der Waals surface area contributed by atoms with E-state index in [0.717, 1.165) is 22.3 Å². The van der Waals surface area contributed by atoms with Gasteiger partial charge in [0.1, 0.15) is 6.10 Å². The molecule has 0 bridgehead atoms. The van der Waals surface area contributed by atoms with E-state index in [2.05, 4.69) is 12.1 Å². The third kappa shape index (κ3) is 2.63. The molecule has 3 heteroatoms. The maximum atomic E-state index is 12.5. The minimum absolute atomic E-state index is 0.316. The molecular weight excluding hydrogens is 312 g/mol. The zero-order valence-electron chi connectivity index (χ0n) is 13.9. The van der Waals surface area contributed by atoms with Gasteiger partial charge in [0.15, 0.2) is 0 Å². The molecule has 25 heavy (non-hydrogen) atoms. The number of methoxy groups -OCH3 is 1. The molecule has 2 atom stereocenters. The topological polar surface area (TPSA) is 38.8 Å². The van der Waals surface area contributed by atoms with Gasteiger partial charge < -0.3 is 9.47 Å². The lowest BCUT2D eigenvalue weighted by atomic mass is 9.90. The van der Waals surface area contributed by atoms with Gasteiger partial charge in [0.05, 0.1) is 7.11 Å². The van der Waals surface area contributed by atoms with Gasteiger partial charge >= 0.3 is 5.97 Å². The Morgan fingerprint density at radius 1 is 0.840 bits per heavy atom. The number of ether oxygens (including phenoxy) is 2. The normalized spacial score (nSPS) is 21.6. The first-order chi connectivity index (χ1) is 12.3. The van der Waals surface area contributed by atoms with Crippen molar-refractivity contribution in [2.24, 2.45) is 0 Å². The monoisotopic (exact) mass is 330 g/mol. The van der Waals surface area contributed by atoms with Crippen LogP contribution < -0.4 is 0 Å². The van der Waals surface area contributed by atoms with Crippen LogP contribution in [0.25, 0.3) is 11.1 Å². The minimum atomic E-state index is -1.05. The molecule has 1 fully saturated rings. The Balaban J connectivity index is 1.69. The Bertz CT molecular complexity index is 872. The second-order valence-electron chi connectivity index (χ2n) is 6.08. The van der Waals surface area contributed by atoms with Crippen molar-refractivity contribution in [1.82, 2.24) is 0 Å². The van der Waals surface area contributed by atoms with Crippen LogP contribution in [0.2, 0.25) is 0 Å². The molecule has 3 aromatic carbocycles. The van der Waals surface area contributed by atoms with Gasteiger partial charge in [-0.3, -0.25) is 0 Å². The van der Waals surface area contributed by atoms with E-state index in [1.54, 1.807) is 0 Å². The molecule has 1 aliphatic heterocycles. The molecule has 0 saturated carbocycles. The van der Waals surface area contributed by atoms with Crippen LogP contribution in [0.15, 0.2) is 84.9 Å². The number of hydrogen-bond acceptors (Lipinski definition) is 3. The molecule has 4 rings (SSSR count). The summed E-state index contributed by atoms with van der Waals surface area (Å²) < 4.78 is 10.9. The summed E-state index contributed by atoms with van der Waals surface area (Å²) in [7, 11) is 1.39. The third-order valence-corrected chi connectivity index (χ3v) is 4.63. The van der Waals surface area contributed by atoms with Crippen molar-refractivity contribution in [2.75, 3.05) is 7.11 Å². The molecule has 0 aliphatic carbocycles. The first-order valence-electron chi connectivity index (χ1n) is 8.23. The van der Waals surface area contributed by atoms with E-state index in [4.69, 9.17) is 9.47 Å². The molecule has 0 aromatic heterocycles. The Kier molecular flexibility index (Phi) is 3.86. The lowest BCUT2D eigenvalue weighted by Crippen LogP contribution is -2.24. The summed E-state index contributed by atoms with van der Waals surface area (Å²) in [6.45, 7) is 0. The Labute approximate surface area is 146 Å². The maximum absolute atomic E-state index is 12.5. The average molecular weight is 330 g/mol. The van der Waals surface area contributed by atoms with E-state index in [9.17, 15) is 4.79 Å². The van der Waals surface area contributed by atoms with E-state index in [1.807, 2.05) is 72.8 Å². The van der Waals surface area contributed by atoms with Crippen LogP contribution in [0, 0.1) is 0 Å². The lowest BCUT2D eigenvalue weighted by Gasteiger charge is -2.12. The molecule has 0 spiro atoms. The number of rotatable bonds is 4. The van der Waals surface area contributed by atoms with E-state index >= 15 is 0 Å². The highest BCUT2D eigenvalue weighted by Crippen LogP contribution is 2.57. The van der Waals surface area contributed by atoms with Gasteiger partial charge in [-0.05, 0) is 22.3 Å². The molecule has 1 heterocycles. The molecule has 2 unspecified atom stereocenters. The molecule has 124 valence electrons. The number of benzene rings is 3. The summed E-state index contributed by atoms with van der Waals surface area (Å²) in [6, 6.07) is 27.8. The molecule has 0 N–H and O–H groups in total. The summed E-state index contributed by atoms with van der Waals surface area (Å²) in [4.78, 5) is 12.5. The summed E-state index contributed by atoms with van der Waals surface area (Å²) in [5, 5.41) is 0. The molecule has 3 nitrogen and oxygen atoms in total. The van der Waals surface area contributed by atoms with Gasteiger partial charge in [0.2, 0.25) is 5.60 Å². The van der Waals surface area contributed by atoms with Crippen LogP contribution >= 0.6 is 0 Å². The molecular formula is C22H18O3. The van der Waals surface area contributed by atoms with Crippen molar-refractivity contribution in [3.05, 3.63) is 96.1 Å². The van der Waals surface area contributed by atoms with Crippen LogP contribution in [-0.2, 0) is 19.9 Å². The van der Waals surface area contributed by atoms with Crippen LogP contribution in [0.1, 0.15) is 17.2 Å². The SMILES string of the molecule is COC(=O)C1(c2ccc(-c3ccccc3)cc2)OC1c1ccccc1. The van der Waals surface area contributed by atoms with Crippen molar-refractivity contribution in [1.29, 1.82) is 0 Å². The van der Waals surface area contributed by atoms with Crippen molar-refractivity contribution in [3.63, 3.8) is 0 Å². The second-order valence-corrected chi connectivity index (χ2v) is 6.08. The van der Waals surface area contributed by atoms with Gasteiger partial charge in [0.25, 0.3) is 0 Å². The lowest BCUT2D eigenvalue weighted by molar-refractivity contribution is -0.147. The minimum Gasteiger partial charge on any atom is -0.467 e. The first-order valence-corrected chi connectivity index (χ1v) is 8.23. The van der Waals surface area contributed by atoms with E-state index in [-0.39, 0.29) is 12.1 Å². The number of carbonyl (C=O) groups excluding carboxylic acids is 1. The van der Waals surface area contributed by atoms with Crippen molar-refractivity contribution in [3.8, 4) is 11.1 Å². The van der Waals surface area contributed by atoms with Crippen LogP contribution in [0.4, 0.5) is 0 Å². The fourth-order valence-corrected chi connectivity index (χ4v) is 3.27. The Morgan fingerprint density at radius 3 is 2.00 bits per heavy atom. The number of esters is 1. The Morgan fingerprint density at radius 2 is 1.40 bits per heavy atom. The smallest absolute Gasteiger partial charge is 0.346 e. The quantitative estimate of drug-likeness (QED) is 0.522. The Hall–Kier alpha value is -2.91. The van der Waals surface area contributed by atoms with Crippen LogP contribution in [0.3, 0.4) is 0 Å². The maximum Gasteiger partial charge on any atom is 0.346 e. The van der Waals surface area contributed by atoms with Gasteiger partial charge in [-0.1, -0.05) is 84.9 Å². The summed E-state index contributed by atoms with van der Waals surface area (Å²) in [5.41, 5.74) is 2.97. The largest absolute Gasteiger partial charge is 0.467 e. The number of hydrogen-bond donors (Lipinski definition) is 0. The third-order valence-electron chi connectivity index (χ3n) is 4.63. The fourth-order valence-electron chi connectivity index (χ4n) is 3.27. The molecule has 1 saturated heterocycles. The second kappa shape index (κ2) is 6.19. The van der Waals surface area contributed by atoms with Gasteiger partial charge in [-0.2, -0.15) is 0 Å². The van der Waals surface area contributed by atoms with Crippen molar-refractivity contribution in [2.45, 2.75) is 11.7 Å². The number of carbonyl (C=O) groups is 1. The highest BCUT2D eigenvalue weighted by Gasteiger charge is 2.65. The summed E-state index contributed by atoms with van der Waals surface area (Å²) >= 11 is 0. The van der Waals surface area contributed by atoms with Gasteiger partial charge in [0, 0.05) is 0 Å². The predicted octanol–water partition coefficient (Wildman–Crippen LogP) is 4.49. The van der Waals surface area contributed by atoms with E-state index < -0.39 is 5.60 Å². The van der Waals surface area contributed by atoms with Gasteiger partial charge in [-0.25, -0.2) is 4.79 Å². The van der Waals surface area contributed by atoms with Crippen LogP contribution in [0.5, 0.6) is 0 Å². The summed E-state index contributed by atoms with van der Waals surface area (Å²) in [5.74, 6) is -0.367. The first kappa shape index (κ1) is 15.6. The van der Waals surface area contributed by atoms with E-state index in [1.165, 1.54) is 7.11 Å². The highest BCUT2D eigenvalue weighted by atomic mass is 16.7. The standard InChI is InChI=1S/C22H18O3/c1-24-21(23)22(20(25-22)18-10-6-3-7-11-18)19-14-12-17(13-15-19)16-8-4-2-5-9-16/h2-15,20H,1H3. The number of epoxide rings is 1.